The molecule has 2 rings (SSSR count). The molecule has 1 N–H and O–H groups in total. The lowest BCUT2D eigenvalue weighted by Gasteiger charge is -2.19. The number of nitrogens with one attached hydrogen (secondary N) is 1. The number of aryl methyl sites for hydroxylation is 1. The minimum Gasteiger partial charge on any atom is -0.305 e. The molecule has 0 saturated heterocycles. The number of nitrogens with zero attached hydrogens (tertiary/aromatic N) is 1. The molecule has 1 heterocycles. The van der Waals surface area contributed by atoms with Gasteiger partial charge in [-0.05, 0) is 37.6 Å². The van der Waals surface area contributed by atoms with Gasteiger partial charge < -0.3 is 5.32 Å². The number of rotatable bonds is 5. The topological polar surface area (TPSA) is 24.9 Å². The maximum absolute atomic E-state index is 4.48. The highest BCUT2D eigenvalue weighted by Gasteiger charge is 2.13. The van der Waals surface area contributed by atoms with E-state index in [2.05, 4.69) is 54.5 Å². The van der Waals surface area contributed by atoms with Gasteiger partial charge in [-0.3, -0.25) is 4.98 Å². The van der Waals surface area contributed by atoms with Crippen LogP contribution in [0, 0.1) is 6.92 Å². The van der Waals surface area contributed by atoms with Crippen LogP contribution in [-0.2, 0) is 0 Å². The summed E-state index contributed by atoms with van der Waals surface area (Å²) in [5, 5.41) is 3.57. The van der Waals surface area contributed by atoms with E-state index in [1.54, 1.807) is 0 Å². The quantitative estimate of drug-likeness (QED) is 0.865. The summed E-state index contributed by atoms with van der Waals surface area (Å²) in [7, 11) is 0. The first-order valence-electron chi connectivity index (χ1n) is 6.52. The van der Waals surface area contributed by atoms with Crippen LogP contribution in [0.15, 0.2) is 48.7 Å². The van der Waals surface area contributed by atoms with Gasteiger partial charge in [0.25, 0.3) is 0 Å². The highest BCUT2D eigenvalue weighted by molar-refractivity contribution is 5.30. The lowest BCUT2D eigenvalue weighted by molar-refractivity contribution is 0.586. The van der Waals surface area contributed by atoms with Crippen LogP contribution in [0.25, 0.3) is 0 Å². The van der Waals surface area contributed by atoms with Crippen LogP contribution >= 0.6 is 0 Å². The largest absolute Gasteiger partial charge is 0.305 e. The lowest BCUT2D eigenvalue weighted by Crippen LogP contribution is -2.24. The monoisotopic (exact) mass is 240 g/mol. The molecular weight excluding hydrogens is 220 g/mol. The van der Waals surface area contributed by atoms with E-state index in [9.17, 15) is 0 Å². The summed E-state index contributed by atoms with van der Waals surface area (Å²) >= 11 is 0. The smallest absolute Gasteiger partial charge is 0.0751 e. The van der Waals surface area contributed by atoms with E-state index in [-0.39, 0.29) is 6.04 Å². The summed E-state index contributed by atoms with van der Waals surface area (Å²) in [6.45, 7) is 5.30. The van der Waals surface area contributed by atoms with Crippen LogP contribution in [0.3, 0.4) is 0 Å². The molecule has 0 aliphatic heterocycles. The van der Waals surface area contributed by atoms with Gasteiger partial charge in [0.2, 0.25) is 0 Å². The van der Waals surface area contributed by atoms with Crippen molar-refractivity contribution in [2.75, 3.05) is 6.54 Å². The van der Waals surface area contributed by atoms with Crippen LogP contribution in [0.1, 0.15) is 36.2 Å². The Hall–Kier alpha value is -1.67. The molecule has 2 nitrogen and oxygen atoms in total. The molecule has 1 aromatic carbocycles. The maximum atomic E-state index is 4.48. The van der Waals surface area contributed by atoms with Crippen LogP contribution in [0.5, 0.6) is 0 Å². The molecule has 1 atom stereocenters. The van der Waals surface area contributed by atoms with Crippen molar-refractivity contribution < 1.29 is 0 Å². The standard InChI is InChI=1S/C16H20N2/c1-3-10-18-16(15-9-4-5-11-17-15)14-8-6-7-13(2)12-14/h4-9,11-12,16,18H,3,10H2,1-2H3. The minimum absolute atomic E-state index is 0.186. The molecule has 1 aromatic heterocycles. The number of hydrogen-bond acceptors (Lipinski definition) is 2. The Balaban J connectivity index is 2.31. The summed E-state index contributed by atoms with van der Waals surface area (Å²) in [5.74, 6) is 0. The van der Waals surface area contributed by atoms with Crippen molar-refractivity contribution in [2.45, 2.75) is 26.3 Å². The molecule has 0 spiro atoms. The van der Waals surface area contributed by atoms with Crippen LogP contribution < -0.4 is 5.32 Å². The van der Waals surface area contributed by atoms with Crippen LogP contribution in [-0.4, -0.2) is 11.5 Å². The van der Waals surface area contributed by atoms with E-state index in [0.717, 1.165) is 18.7 Å². The molecule has 2 aromatic rings. The zero-order valence-corrected chi connectivity index (χ0v) is 11.1. The molecular formula is C16H20N2. The van der Waals surface area contributed by atoms with Crippen molar-refractivity contribution in [3.05, 3.63) is 65.5 Å². The fourth-order valence-corrected chi connectivity index (χ4v) is 2.08. The van der Waals surface area contributed by atoms with Crippen molar-refractivity contribution in [1.82, 2.24) is 10.3 Å². The second-order valence-corrected chi connectivity index (χ2v) is 4.56. The SMILES string of the molecule is CCCNC(c1cccc(C)c1)c1ccccn1. The molecule has 1 unspecified atom stereocenters. The predicted octanol–water partition coefficient (Wildman–Crippen LogP) is 3.48. The molecule has 0 saturated carbocycles. The Bertz CT molecular complexity index is 479. The highest BCUT2D eigenvalue weighted by atomic mass is 14.9. The van der Waals surface area contributed by atoms with Gasteiger partial charge in [-0.2, -0.15) is 0 Å². The van der Waals surface area contributed by atoms with Crippen LogP contribution in [0.2, 0.25) is 0 Å². The van der Waals surface area contributed by atoms with E-state index in [1.807, 2.05) is 18.3 Å². The molecule has 0 aliphatic carbocycles. The van der Waals surface area contributed by atoms with E-state index >= 15 is 0 Å². The van der Waals surface area contributed by atoms with E-state index < -0.39 is 0 Å². The summed E-state index contributed by atoms with van der Waals surface area (Å²) in [4.78, 5) is 4.48. The first-order chi connectivity index (χ1) is 8.81. The zero-order valence-electron chi connectivity index (χ0n) is 11.1. The van der Waals surface area contributed by atoms with Crippen molar-refractivity contribution in [1.29, 1.82) is 0 Å². The number of aromatic nitrogens is 1. The van der Waals surface area contributed by atoms with E-state index in [4.69, 9.17) is 0 Å². The predicted molar refractivity (Wildman–Crippen MR) is 75.6 cm³/mol. The molecule has 94 valence electrons. The first-order valence-corrected chi connectivity index (χ1v) is 6.52. The molecule has 0 fully saturated rings. The van der Waals surface area contributed by atoms with Gasteiger partial charge in [-0.15, -0.1) is 0 Å². The molecule has 0 bridgehead atoms. The van der Waals surface area contributed by atoms with Gasteiger partial charge in [-0.1, -0.05) is 42.8 Å². The van der Waals surface area contributed by atoms with Crippen molar-refractivity contribution in [3.63, 3.8) is 0 Å². The lowest BCUT2D eigenvalue weighted by atomic mass is 10.0. The van der Waals surface area contributed by atoms with E-state index in [0.29, 0.717) is 0 Å². The summed E-state index contributed by atoms with van der Waals surface area (Å²) < 4.78 is 0. The average molecular weight is 240 g/mol. The second kappa shape index (κ2) is 6.31. The molecule has 18 heavy (non-hydrogen) atoms. The molecule has 0 radical (unpaired) electrons. The maximum Gasteiger partial charge on any atom is 0.0751 e. The number of hydrogen-bond donors (Lipinski definition) is 1. The normalized spacial score (nSPS) is 12.3. The summed E-state index contributed by atoms with van der Waals surface area (Å²) in [6, 6.07) is 14.9. The molecule has 2 heteroatoms. The Kier molecular flexibility index (Phi) is 4.48. The first kappa shape index (κ1) is 12.8. The fraction of sp³-hybridized carbons (Fsp3) is 0.312. The summed E-state index contributed by atoms with van der Waals surface area (Å²) in [6.07, 6.45) is 2.97. The number of benzene rings is 1. The van der Waals surface area contributed by atoms with Gasteiger partial charge in [0.15, 0.2) is 0 Å². The molecule has 0 amide bonds. The van der Waals surface area contributed by atoms with Gasteiger partial charge in [0, 0.05) is 6.20 Å². The molecule has 0 aliphatic rings. The Morgan fingerprint density at radius 1 is 1.17 bits per heavy atom. The third-order valence-electron chi connectivity index (χ3n) is 2.96. The van der Waals surface area contributed by atoms with Crippen molar-refractivity contribution in [2.24, 2.45) is 0 Å². The van der Waals surface area contributed by atoms with Crippen molar-refractivity contribution in [3.8, 4) is 0 Å². The highest BCUT2D eigenvalue weighted by Crippen LogP contribution is 2.20. The third-order valence-corrected chi connectivity index (χ3v) is 2.96. The van der Waals surface area contributed by atoms with Gasteiger partial charge in [0.1, 0.15) is 0 Å². The Labute approximate surface area is 109 Å². The van der Waals surface area contributed by atoms with Gasteiger partial charge >= 0.3 is 0 Å². The fourth-order valence-electron chi connectivity index (χ4n) is 2.08. The van der Waals surface area contributed by atoms with Crippen molar-refractivity contribution >= 4 is 0 Å². The zero-order chi connectivity index (χ0) is 12.8. The Morgan fingerprint density at radius 3 is 2.72 bits per heavy atom. The Morgan fingerprint density at radius 2 is 2.06 bits per heavy atom. The van der Waals surface area contributed by atoms with Crippen LogP contribution in [0.4, 0.5) is 0 Å². The number of pyridine rings is 1. The van der Waals surface area contributed by atoms with Gasteiger partial charge in [-0.25, -0.2) is 0 Å². The third kappa shape index (κ3) is 3.17. The van der Waals surface area contributed by atoms with E-state index in [1.165, 1.54) is 11.1 Å². The second-order valence-electron chi connectivity index (χ2n) is 4.56. The summed E-state index contributed by atoms with van der Waals surface area (Å²) in [5.41, 5.74) is 3.64. The minimum atomic E-state index is 0.186. The van der Waals surface area contributed by atoms with Gasteiger partial charge in [0.05, 0.1) is 11.7 Å². The average Bonchev–Trinajstić information content (AvgIpc) is 2.40.